The highest BCUT2D eigenvalue weighted by molar-refractivity contribution is 7.93. The SMILES string of the molecule is CC(CO)S(=O)(=O)Nc1ccccc1. The maximum atomic E-state index is 11.5. The van der Waals surface area contributed by atoms with Crippen molar-refractivity contribution in [2.75, 3.05) is 11.3 Å². The molecule has 0 spiro atoms. The van der Waals surface area contributed by atoms with E-state index in [2.05, 4.69) is 4.72 Å². The van der Waals surface area contributed by atoms with Crippen LogP contribution in [-0.2, 0) is 10.0 Å². The van der Waals surface area contributed by atoms with E-state index in [1.54, 1.807) is 30.3 Å². The second-order valence-corrected chi connectivity index (χ2v) is 5.11. The molecule has 0 heterocycles. The van der Waals surface area contributed by atoms with Crippen LogP contribution in [0.2, 0.25) is 0 Å². The average molecular weight is 215 g/mol. The molecule has 0 amide bonds. The molecule has 0 fully saturated rings. The number of sulfonamides is 1. The van der Waals surface area contributed by atoms with E-state index in [1.165, 1.54) is 6.92 Å². The Labute approximate surface area is 83.6 Å². The van der Waals surface area contributed by atoms with Crippen molar-refractivity contribution < 1.29 is 13.5 Å². The van der Waals surface area contributed by atoms with Crippen LogP contribution in [0.5, 0.6) is 0 Å². The molecule has 0 bridgehead atoms. The smallest absolute Gasteiger partial charge is 0.237 e. The standard InChI is InChI=1S/C9H13NO3S/c1-8(7-11)14(12,13)10-9-5-3-2-4-6-9/h2-6,8,10-11H,7H2,1H3. The summed E-state index contributed by atoms with van der Waals surface area (Å²) in [6.07, 6.45) is 0. The third-order valence-corrected chi connectivity index (χ3v) is 3.55. The normalized spacial score (nSPS) is 13.6. The molecule has 1 atom stereocenters. The van der Waals surface area contributed by atoms with E-state index in [1.807, 2.05) is 0 Å². The minimum atomic E-state index is -3.46. The summed E-state index contributed by atoms with van der Waals surface area (Å²) in [5, 5.41) is 7.93. The predicted molar refractivity (Wildman–Crippen MR) is 55.5 cm³/mol. The number of hydrogen-bond acceptors (Lipinski definition) is 3. The zero-order chi connectivity index (χ0) is 10.6. The van der Waals surface area contributed by atoms with Crippen LogP contribution in [-0.4, -0.2) is 25.4 Å². The van der Waals surface area contributed by atoms with Gasteiger partial charge >= 0.3 is 0 Å². The van der Waals surface area contributed by atoms with Gasteiger partial charge in [-0.25, -0.2) is 8.42 Å². The van der Waals surface area contributed by atoms with Crippen LogP contribution in [0, 0.1) is 0 Å². The Morgan fingerprint density at radius 2 is 1.93 bits per heavy atom. The number of nitrogens with one attached hydrogen (secondary N) is 1. The molecular formula is C9H13NO3S. The molecular weight excluding hydrogens is 202 g/mol. The molecule has 0 saturated heterocycles. The Morgan fingerprint density at radius 3 is 2.43 bits per heavy atom. The van der Waals surface area contributed by atoms with Crippen LogP contribution in [0.4, 0.5) is 5.69 Å². The van der Waals surface area contributed by atoms with Gasteiger partial charge in [0.05, 0.1) is 6.61 Å². The molecule has 14 heavy (non-hydrogen) atoms. The first-order chi connectivity index (χ1) is 6.56. The molecule has 0 saturated carbocycles. The van der Waals surface area contributed by atoms with Crippen LogP contribution >= 0.6 is 0 Å². The van der Waals surface area contributed by atoms with Gasteiger partial charge in [-0.15, -0.1) is 0 Å². The molecule has 1 unspecified atom stereocenters. The fourth-order valence-corrected chi connectivity index (χ4v) is 1.73. The van der Waals surface area contributed by atoms with Crippen molar-refractivity contribution in [2.45, 2.75) is 12.2 Å². The van der Waals surface area contributed by atoms with Crippen LogP contribution in [0.3, 0.4) is 0 Å². The van der Waals surface area contributed by atoms with E-state index in [4.69, 9.17) is 5.11 Å². The van der Waals surface area contributed by atoms with Gasteiger partial charge in [-0.05, 0) is 19.1 Å². The first-order valence-corrected chi connectivity index (χ1v) is 5.78. The van der Waals surface area contributed by atoms with Gasteiger partial charge in [-0.1, -0.05) is 18.2 Å². The second-order valence-electron chi connectivity index (χ2n) is 3.01. The van der Waals surface area contributed by atoms with Crippen LogP contribution in [0.1, 0.15) is 6.92 Å². The van der Waals surface area contributed by atoms with Gasteiger partial charge in [-0.2, -0.15) is 0 Å². The third kappa shape index (κ3) is 2.71. The number of aliphatic hydroxyl groups excluding tert-OH is 1. The van der Waals surface area contributed by atoms with E-state index in [0.717, 1.165) is 0 Å². The lowest BCUT2D eigenvalue weighted by molar-refractivity contribution is 0.296. The summed E-state index contributed by atoms with van der Waals surface area (Å²) in [5.74, 6) is 0. The molecule has 0 radical (unpaired) electrons. The zero-order valence-electron chi connectivity index (χ0n) is 7.84. The van der Waals surface area contributed by atoms with Crippen molar-refractivity contribution in [3.05, 3.63) is 30.3 Å². The number of benzene rings is 1. The summed E-state index contributed by atoms with van der Waals surface area (Å²) in [4.78, 5) is 0. The van der Waals surface area contributed by atoms with Crippen LogP contribution in [0.15, 0.2) is 30.3 Å². The summed E-state index contributed by atoms with van der Waals surface area (Å²) >= 11 is 0. The first kappa shape index (κ1) is 11.0. The summed E-state index contributed by atoms with van der Waals surface area (Å²) < 4.78 is 25.3. The lowest BCUT2D eigenvalue weighted by atomic mass is 10.3. The number of rotatable bonds is 4. The van der Waals surface area contributed by atoms with E-state index < -0.39 is 15.3 Å². The van der Waals surface area contributed by atoms with Gasteiger partial charge in [0.1, 0.15) is 5.25 Å². The number of aliphatic hydroxyl groups is 1. The summed E-state index contributed by atoms with van der Waals surface area (Å²) in [7, 11) is -3.46. The summed E-state index contributed by atoms with van der Waals surface area (Å²) in [6, 6.07) is 8.58. The highest BCUT2D eigenvalue weighted by atomic mass is 32.2. The lowest BCUT2D eigenvalue weighted by Gasteiger charge is -2.11. The molecule has 5 heteroatoms. The van der Waals surface area contributed by atoms with Crippen molar-refractivity contribution >= 4 is 15.7 Å². The summed E-state index contributed by atoms with van der Waals surface area (Å²) in [5.41, 5.74) is 0.507. The Bertz CT molecular complexity index is 374. The van der Waals surface area contributed by atoms with Gasteiger partial charge in [0.25, 0.3) is 0 Å². The first-order valence-electron chi connectivity index (χ1n) is 4.24. The minimum absolute atomic E-state index is 0.387. The zero-order valence-corrected chi connectivity index (χ0v) is 8.66. The lowest BCUT2D eigenvalue weighted by Crippen LogP contribution is -2.28. The van der Waals surface area contributed by atoms with E-state index in [9.17, 15) is 8.42 Å². The highest BCUT2D eigenvalue weighted by Gasteiger charge is 2.19. The number of anilines is 1. The fourth-order valence-electron chi connectivity index (χ4n) is 0.869. The monoisotopic (exact) mass is 215 g/mol. The molecule has 78 valence electrons. The maximum Gasteiger partial charge on any atom is 0.237 e. The van der Waals surface area contributed by atoms with E-state index in [-0.39, 0.29) is 6.61 Å². The number of hydrogen-bond donors (Lipinski definition) is 2. The van der Waals surface area contributed by atoms with Gasteiger partial charge in [0, 0.05) is 5.69 Å². The Kier molecular flexibility index (Phi) is 3.49. The van der Waals surface area contributed by atoms with Crippen LogP contribution < -0.4 is 4.72 Å². The van der Waals surface area contributed by atoms with E-state index >= 15 is 0 Å². The minimum Gasteiger partial charge on any atom is -0.395 e. The molecule has 0 aliphatic heterocycles. The Hall–Kier alpha value is -1.07. The largest absolute Gasteiger partial charge is 0.395 e. The van der Waals surface area contributed by atoms with E-state index in [0.29, 0.717) is 5.69 Å². The number of para-hydroxylation sites is 1. The third-order valence-electron chi connectivity index (χ3n) is 1.82. The highest BCUT2D eigenvalue weighted by Crippen LogP contribution is 2.10. The van der Waals surface area contributed by atoms with Crippen molar-refractivity contribution in [1.82, 2.24) is 0 Å². The van der Waals surface area contributed by atoms with Gasteiger partial charge in [-0.3, -0.25) is 4.72 Å². The average Bonchev–Trinajstić information content (AvgIpc) is 2.17. The Morgan fingerprint density at radius 1 is 1.36 bits per heavy atom. The molecule has 0 aromatic heterocycles. The Balaban J connectivity index is 2.79. The molecule has 1 aromatic rings. The molecule has 1 rings (SSSR count). The molecule has 0 aliphatic rings. The van der Waals surface area contributed by atoms with Crippen molar-refractivity contribution in [3.63, 3.8) is 0 Å². The van der Waals surface area contributed by atoms with Crippen molar-refractivity contribution in [3.8, 4) is 0 Å². The summed E-state index contributed by atoms with van der Waals surface area (Å²) in [6.45, 7) is 1.06. The molecule has 1 aromatic carbocycles. The second kappa shape index (κ2) is 4.43. The predicted octanol–water partition coefficient (Wildman–Crippen LogP) is 0.809. The topological polar surface area (TPSA) is 66.4 Å². The molecule has 4 nitrogen and oxygen atoms in total. The van der Waals surface area contributed by atoms with Crippen molar-refractivity contribution in [1.29, 1.82) is 0 Å². The van der Waals surface area contributed by atoms with Crippen molar-refractivity contribution in [2.24, 2.45) is 0 Å². The van der Waals surface area contributed by atoms with Gasteiger partial charge in [0.2, 0.25) is 10.0 Å². The molecule has 0 aliphatic carbocycles. The molecule has 2 N–H and O–H groups in total. The maximum absolute atomic E-state index is 11.5. The fraction of sp³-hybridized carbons (Fsp3) is 0.333. The van der Waals surface area contributed by atoms with Gasteiger partial charge < -0.3 is 5.11 Å². The van der Waals surface area contributed by atoms with Crippen LogP contribution in [0.25, 0.3) is 0 Å². The van der Waals surface area contributed by atoms with Gasteiger partial charge in [0.15, 0.2) is 0 Å². The quantitative estimate of drug-likeness (QED) is 0.781.